The summed E-state index contributed by atoms with van der Waals surface area (Å²) in [5.74, 6) is 0.832. The Morgan fingerprint density at radius 3 is 2.67 bits per heavy atom. The van der Waals surface area contributed by atoms with Crippen molar-refractivity contribution in [3.05, 3.63) is 69.5 Å². The molecule has 2 aromatic heterocycles. The zero-order chi connectivity index (χ0) is 21.3. The molecule has 0 saturated carbocycles. The van der Waals surface area contributed by atoms with Crippen molar-refractivity contribution in [1.29, 1.82) is 0 Å². The van der Waals surface area contributed by atoms with Gasteiger partial charge in [0.1, 0.15) is 0 Å². The summed E-state index contributed by atoms with van der Waals surface area (Å²) >= 11 is 1.35. The number of nitrogens with zero attached hydrogens (tertiary/aromatic N) is 4. The molecule has 0 unspecified atom stereocenters. The summed E-state index contributed by atoms with van der Waals surface area (Å²) in [5.41, 5.74) is 3.55. The standard InChI is InChI=1S/C23H24N4O2S/c1-4-5-12-26-21(29)18-8-6-7-9-19(18)27-22(26)24-25-23(27)30-14-20(28)17-11-10-15(2)13-16(17)3/h6-11,13H,4-5,12,14H2,1-3H3. The van der Waals surface area contributed by atoms with Gasteiger partial charge in [0.15, 0.2) is 10.9 Å². The topological polar surface area (TPSA) is 69.3 Å². The first kappa shape index (κ1) is 20.3. The maximum absolute atomic E-state index is 13.0. The van der Waals surface area contributed by atoms with Crippen molar-refractivity contribution in [2.24, 2.45) is 0 Å². The molecule has 0 saturated heterocycles. The molecule has 7 heteroatoms. The van der Waals surface area contributed by atoms with E-state index in [1.54, 1.807) is 4.57 Å². The minimum atomic E-state index is -0.0538. The molecule has 0 aliphatic carbocycles. The van der Waals surface area contributed by atoms with Crippen LogP contribution in [0.15, 0.2) is 52.4 Å². The molecule has 4 rings (SSSR count). The lowest BCUT2D eigenvalue weighted by Gasteiger charge is -2.11. The predicted molar refractivity (Wildman–Crippen MR) is 121 cm³/mol. The average molecular weight is 421 g/mol. The molecule has 2 heterocycles. The second kappa shape index (κ2) is 8.44. The molecule has 0 spiro atoms. The van der Waals surface area contributed by atoms with Crippen LogP contribution in [0.1, 0.15) is 41.3 Å². The number of hydrogen-bond acceptors (Lipinski definition) is 5. The molecule has 4 aromatic rings. The van der Waals surface area contributed by atoms with E-state index in [1.165, 1.54) is 11.8 Å². The van der Waals surface area contributed by atoms with E-state index >= 15 is 0 Å². The zero-order valence-corrected chi connectivity index (χ0v) is 18.2. The van der Waals surface area contributed by atoms with Crippen molar-refractivity contribution < 1.29 is 4.79 Å². The Morgan fingerprint density at radius 2 is 1.90 bits per heavy atom. The Balaban J connectivity index is 1.74. The zero-order valence-electron chi connectivity index (χ0n) is 17.4. The third-order valence-corrected chi connectivity index (χ3v) is 6.16. The van der Waals surface area contributed by atoms with Crippen molar-refractivity contribution >= 4 is 34.2 Å². The van der Waals surface area contributed by atoms with Crippen LogP contribution in [0.3, 0.4) is 0 Å². The molecule has 154 valence electrons. The van der Waals surface area contributed by atoms with Gasteiger partial charge in [-0.05, 0) is 38.0 Å². The summed E-state index contributed by atoms with van der Waals surface area (Å²) in [7, 11) is 0. The van der Waals surface area contributed by atoms with Crippen molar-refractivity contribution in [1.82, 2.24) is 19.2 Å². The van der Waals surface area contributed by atoms with Gasteiger partial charge in [-0.1, -0.05) is 61.0 Å². The Bertz CT molecular complexity index is 1310. The van der Waals surface area contributed by atoms with Gasteiger partial charge in [-0.3, -0.25) is 18.6 Å². The molecule has 0 bridgehead atoms. The first-order valence-corrected chi connectivity index (χ1v) is 11.1. The number of aryl methyl sites for hydroxylation is 3. The van der Waals surface area contributed by atoms with Gasteiger partial charge in [0.25, 0.3) is 5.56 Å². The quantitative estimate of drug-likeness (QED) is 0.327. The molecule has 0 fully saturated rings. The maximum atomic E-state index is 13.0. The minimum Gasteiger partial charge on any atom is -0.293 e. The van der Waals surface area contributed by atoms with E-state index in [0.29, 0.717) is 22.9 Å². The highest BCUT2D eigenvalue weighted by atomic mass is 32.2. The summed E-state index contributed by atoms with van der Waals surface area (Å²) in [6.45, 7) is 6.65. The van der Waals surface area contributed by atoms with E-state index in [4.69, 9.17) is 0 Å². The maximum Gasteiger partial charge on any atom is 0.262 e. The minimum absolute atomic E-state index is 0.0536. The lowest BCUT2D eigenvalue weighted by atomic mass is 10.0. The third kappa shape index (κ3) is 3.65. The smallest absolute Gasteiger partial charge is 0.262 e. The normalized spacial score (nSPS) is 11.4. The van der Waals surface area contributed by atoms with Crippen LogP contribution < -0.4 is 5.56 Å². The number of ketones is 1. The highest BCUT2D eigenvalue weighted by Gasteiger charge is 2.18. The summed E-state index contributed by atoms with van der Waals surface area (Å²) in [6.07, 6.45) is 1.86. The summed E-state index contributed by atoms with van der Waals surface area (Å²) in [6, 6.07) is 13.3. The second-order valence-electron chi connectivity index (χ2n) is 7.48. The number of rotatable bonds is 7. The van der Waals surface area contributed by atoms with Crippen LogP contribution in [0, 0.1) is 13.8 Å². The van der Waals surface area contributed by atoms with Gasteiger partial charge in [-0.25, -0.2) is 0 Å². The van der Waals surface area contributed by atoms with Crippen LogP contribution in [0.25, 0.3) is 16.7 Å². The fraction of sp³-hybridized carbons (Fsp3) is 0.304. The number of carbonyl (C=O) groups excluding carboxylic acids is 1. The SMILES string of the molecule is CCCCn1c(=O)c2ccccc2n2c(SCC(=O)c3ccc(C)cc3C)nnc12. The summed E-state index contributed by atoms with van der Waals surface area (Å²) < 4.78 is 3.58. The van der Waals surface area contributed by atoms with E-state index in [-0.39, 0.29) is 17.1 Å². The van der Waals surface area contributed by atoms with Crippen LogP contribution in [0.4, 0.5) is 0 Å². The van der Waals surface area contributed by atoms with Gasteiger partial charge >= 0.3 is 0 Å². The van der Waals surface area contributed by atoms with E-state index in [2.05, 4.69) is 17.1 Å². The molecule has 0 radical (unpaired) electrons. The highest BCUT2D eigenvalue weighted by Crippen LogP contribution is 2.23. The van der Waals surface area contributed by atoms with Crippen LogP contribution in [0.2, 0.25) is 0 Å². The molecule has 30 heavy (non-hydrogen) atoms. The summed E-state index contributed by atoms with van der Waals surface area (Å²) in [4.78, 5) is 25.8. The Labute approximate surface area is 178 Å². The Morgan fingerprint density at radius 1 is 1.10 bits per heavy atom. The molecular weight excluding hydrogens is 396 g/mol. The first-order chi connectivity index (χ1) is 14.5. The molecular formula is C23H24N4O2S. The lowest BCUT2D eigenvalue weighted by Crippen LogP contribution is -2.23. The largest absolute Gasteiger partial charge is 0.293 e. The van der Waals surface area contributed by atoms with Gasteiger partial charge in [0, 0.05) is 12.1 Å². The lowest BCUT2D eigenvalue weighted by molar-refractivity contribution is 0.102. The van der Waals surface area contributed by atoms with Crippen molar-refractivity contribution in [3.8, 4) is 0 Å². The average Bonchev–Trinajstić information content (AvgIpc) is 3.16. The van der Waals surface area contributed by atoms with E-state index < -0.39 is 0 Å². The van der Waals surface area contributed by atoms with Crippen LogP contribution in [-0.2, 0) is 6.54 Å². The van der Waals surface area contributed by atoms with Crippen molar-refractivity contribution in [2.45, 2.75) is 45.3 Å². The van der Waals surface area contributed by atoms with Gasteiger partial charge in [0.2, 0.25) is 5.78 Å². The number of unbranched alkanes of at least 4 members (excludes halogenated alkanes) is 1. The van der Waals surface area contributed by atoms with E-state index in [9.17, 15) is 9.59 Å². The number of hydrogen-bond donors (Lipinski definition) is 0. The number of carbonyl (C=O) groups is 1. The fourth-order valence-electron chi connectivity index (χ4n) is 3.68. The molecule has 0 atom stereocenters. The number of thioether (sulfide) groups is 1. The van der Waals surface area contributed by atoms with E-state index in [1.807, 2.05) is 60.7 Å². The monoisotopic (exact) mass is 420 g/mol. The Hall–Kier alpha value is -2.93. The van der Waals surface area contributed by atoms with Crippen LogP contribution in [0.5, 0.6) is 0 Å². The van der Waals surface area contributed by atoms with E-state index in [0.717, 1.165) is 35.0 Å². The van der Waals surface area contributed by atoms with Gasteiger partial charge in [-0.15, -0.1) is 10.2 Å². The third-order valence-electron chi connectivity index (χ3n) is 5.23. The number of fused-ring (bicyclic) bond motifs is 3. The summed E-state index contributed by atoms with van der Waals surface area (Å²) in [5, 5.41) is 9.87. The molecule has 0 amide bonds. The Kier molecular flexibility index (Phi) is 5.72. The second-order valence-corrected chi connectivity index (χ2v) is 8.42. The first-order valence-electron chi connectivity index (χ1n) is 10.1. The number of benzene rings is 2. The molecule has 0 N–H and O–H groups in total. The van der Waals surface area contributed by atoms with Crippen molar-refractivity contribution in [3.63, 3.8) is 0 Å². The molecule has 0 aliphatic heterocycles. The molecule has 2 aromatic carbocycles. The van der Waals surface area contributed by atoms with Crippen LogP contribution in [-0.4, -0.2) is 30.7 Å². The van der Waals surface area contributed by atoms with Gasteiger partial charge in [-0.2, -0.15) is 0 Å². The van der Waals surface area contributed by atoms with Crippen molar-refractivity contribution in [2.75, 3.05) is 5.75 Å². The molecule has 0 aliphatic rings. The highest BCUT2D eigenvalue weighted by molar-refractivity contribution is 7.99. The number of Topliss-reactive ketones (excluding diaryl/α,β-unsaturated/α-hetero) is 1. The van der Waals surface area contributed by atoms with Crippen LogP contribution >= 0.6 is 11.8 Å². The molecule has 6 nitrogen and oxygen atoms in total. The van der Waals surface area contributed by atoms with Gasteiger partial charge in [0.05, 0.1) is 16.7 Å². The fourth-order valence-corrected chi connectivity index (χ4v) is 4.50. The number of para-hydroxylation sites is 1. The number of aromatic nitrogens is 4. The van der Waals surface area contributed by atoms with Gasteiger partial charge < -0.3 is 0 Å². The predicted octanol–water partition coefficient (Wildman–Crippen LogP) is 4.44.